The van der Waals surface area contributed by atoms with Crippen molar-refractivity contribution in [2.45, 2.75) is 45.6 Å². The summed E-state index contributed by atoms with van der Waals surface area (Å²) in [6.07, 6.45) is 7.36. The van der Waals surface area contributed by atoms with E-state index in [0.29, 0.717) is 0 Å². The lowest BCUT2D eigenvalue weighted by atomic mass is 9.96. The highest BCUT2D eigenvalue weighted by Gasteiger charge is 2.30. The molecular weight excluding hydrogens is 150 g/mol. The van der Waals surface area contributed by atoms with E-state index in [-0.39, 0.29) is 5.60 Å². The minimum atomic E-state index is -0.0737. The largest absolute Gasteiger partial charge is 0.389 e. The Balaban J connectivity index is 2.37. The van der Waals surface area contributed by atoms with Crippen molar-refractivity contribution in [1.82, 2.24) is 0 Å². The van der Waals surface area contributed by atoms with Gasteiger partial charge in [-0.1, -0.05) is 24.2 Å². The van der Waals surface area contributed by atoms with Crippen molar-refractivity contribution in [3.63, 3.8) is 0 Å². The van der Waals surface area contributed by atoms with E-state index in [2.05, 4.69) is 31.2 Å². The van der Waals surface area contributed by atoms with Gasteiger partial charge < -0.3 is 4.84 Å². The minimum absolute atomic E-state index is 0.0737. The Morgan fingerprint density at radius 3 is 2.83 bits per heavy atom. The van der Waals surface area contributed by atoms with Crippen molar-refractivity contribution >= 4 is 5.71 Å². The molecule has 0 aromatic rings. The van der Waals surface area contributed by atoms with Crippen molar-refractivity contribution in [1.29, 1.82) is 0 Å². The second-order valence-electron chi connectivity index (χ2n) is 3.63. The van der Waals surface area contributed by atoms with E-state index in [1.54, 1.807) is 0 Å². The Kier molecular flexibility index (Phi) is 2.90. The lowest BCUT2D eigenvalue weighted by molar-refractivity contribution is -0.000780. The summed E-state index contributed by atoms with van der Waals surface area (Å²) in [6, 6.07) is 0. The number of rotatable bonds is 3. The zero-order valence-corrected chi connectivity index (χ0v) is 8.13. The van der Waals surface area contributed by atoms with Crippen LogP contribution >= 0.6 is 0 Å². The van der Waals surface area contributed by atoms with E-state index in [1.165, 1.54) is 0 Å². The summed E-state index contributed by atoms with van der Waals surface area (Å²) in [7, 11) is 0. The fraction of sp³-hybridized carbons (Fsp3) is 0.700. The van der Waals surface area contributed by atoms with Crippen molar-refractivity contribution in [2.75, 3.05) is 0 Å². The molecule has 0 amide bonds. The molecule has 1 heterocycles. The molecule has 0 saturated heterocycles. The summed E-state index contributed by atoms with van der Waals surface area (Å²) in [5.74, 6) is 0. The molecule has 1 aliphatic rings. The van der Waals surface area contributed by atoms with Crippen molar-refractivity contribution in [3.05, 3.63) is 12.2 Å². The molecule has 0 aromatic carbocycles. The smallest absolute Gasteiger partial charge is 0.143 e. The van der Waals surface area contributed by atoms with Crippen LogP contribution in [0, 0.1) is 0 Å². The SMILES string of the molecule is CC/C=C/CC1(C)CC(C)=NO1. The molecule has 68 valence electrons. The van der Waals surface area contributed by atoms with Gasteiger partial charge in [-0.15, -0.1) is 0 Å². The first-order chi connectivity index (χ1) is 5.66. The van der Waals surface area contributed by atoms with Gasteiger partial charge in [-0.3, -0.25) is 0 Å². The molecule has 2 nitrogen and oxygen atoms in total. The lowest BCUT2D eigenvalue weighted by Gasteiger charge is -2.18. The topological polar surface area (TPSA) is 21.6 Å². The maximum atomic E-state index is 5.34. The van der Waals surface area contributed by atoms with E-state index >= 15 is 0 Å². The first kappa shape index (κ1) is 9.30. The standard InChI is InChI=1S/C10H17NO/c1-4-5-6-7-10(3)8-9(2)11-12-10/h5-6H,4,7-8H2,1-3H3/b6-5+. The average Bonchev–Trinajstić information content (AvgIpc) is 2.32. The molecule has 1 aliphatic heterocycles. The third-order valence-electron chi connectivity index (χ3n) is 2.00. The summed E-state index contributed by atoms with van der Waals surface area (Å²) in [6.45, 7) is 6.25. The van der Waals surface area contributed by atoms with Crippen LogP contribution in [0.3, 0.4) is 0 Å². The summed E-state index contributed by atoms with van der Waals surface area (Å²) in [5.41, 5.74) is 1.03. The quantitative estimate of drug-likeness (QED) is 0.592. The fourth-order valence-electron chi connectivity index (χ4n) is 1.40. The van der Waals surface area contributed by atoms with E-state index in [4.69, 9.17) is 4.84 Å². The van der Waals surface area contributed by atoms with Gasteiger partial charge >= 0.3 is 0 Å². The first-order valence-corrected chi connectivity index (χ1v) is 4.53. The van der Waals surface area contributed by atoms with Crippen molar-refractivity contribution in [2.24, 2.45) is 5.16 Å². The maximum Gasteiger partial charge on any atom is 0.143 e. The lowest BCUT2D eigenvalue weighted by Crippen LogP contribution is -2.22. The second kappa shape index (κ2) is 3.74. The van der Waals surface area contributed by atoms with Crippen LogP contribution in [0.15, 0.2) is 17.3 Å². The van der Waals surface area contributed by atoms with Crippen LogP contribution in [0.1, 0.15) is 40.0 Å². The zero-order chi connectivity index (χ0) is 9.03. The monoisotopic (exact) mass is 167 g/mol. The maximum absolute atomic E-state index is 5.34. The van der Waals surface area contributed by atoms with Crippen LogP contribution in [0.5, 0.6) is 0 Å². The van der Waals surface area contributed by atoms with Crippen LogP contribution in [0.2, 0.25) is 0 Å². The Morgan fingerprint density at radius 2 is 2.33 bits per heavy atom. The van der Waals surface area contributed by atoms with E-state index < -0.39 is 0 Å². The molecule has 0 radical (unpaired) electrons. The number of allylic oxidation sites excluding steroid dienone is 1. The third-order valence-corrected chi connectivity index (χ3v) is 2.00. The van der Waals surface area contributed by atoms with Crippen LogP contribution in [-0.2, 0) is 4.84 Å². The van der Waals surface area contributed by atoms with Gasteiger partial charge in [0.25, 0.3) is 0 Å². The van der Waals surface area contributed by atoms with E-state index in [0.717, 1.165) is 25.0 Å². The highest BCUT2D eigenvalue weighted by molar-refractivity contribution is 5.83. The van der Waals surface area contributed by atoms with Gasteiger partial charge in [0.05, 0.1) is 5.71 Å². The predicted octanol–water partition coefficient (Wildman–Crippen LogP) is 2.90. The van der Waals surface area contributed by atoms with Gasteiger partial charge in [0, 0.05) is 12.8 Å². The number of oxime groups is 1. The van der Waals surface area contributed by atoms with Gasteiger partial charge in [0.2, 0.25) is 0 Å². The number of hydrogen-bond donors (Lipinski definition) is 0. The molecule has 0 saturated carbocycles. The Labute approximate surface area is 74.3 Å². The molecule has 0 N–H and O–H groups in total. The Bertz CT molecular complexity index is 208. The van der Waals surface area contributed by atoms with Gasteiger partial charge in [0.15, 0.2) is 0 Å². The molecule has 2 heteroatoms. The second-order valence-corrected chi connectivity index (χ2v) is 3.63. The molecule has 0 aromatic heterocycles. The first-order valence-electron chi connectivity index (χ1n) is 4.53. The minimum Gasteiger partial charge on any atom is -0.389 e. The summed E-state index contributed by atoms with van der Waals surface area (Å²) in [4.78, 5) is 5.34. The predicted molar refractivity (Wildman–Crippen MR) is 51.3 cm³/mol. The highest BCUT2D eigenvalue weighted by Crippen LogP contribution is 2.27. The Morgan fingerprint density at radius 1 is 1.58 bits per heavy atom. The van der Waals surface area contributed by atoms with Crippen molar-refractivity contribution < 1.29 is 4.84 Å². The van der Waals surface area contributed by atoms with Crippen molar-refractivity contribution in [3.8, 4) is 0 Å². The summed E-state index contributed by atoms with van der Waals surface area (Å²) < 4.78 is 0. The van der Waals surface area contributed by atoms with Gasteiger partial charge in [0.1, 0.15) is 5.60 Å². The molecule has 0 bridgehead atoms. The van der Waals surface area contributed by atoms with Gasteiger partial charge in [-0.05, 0) is 20.3 Å². The average molecular weight is 167 g/mol. The van der Waals surface area contributed by atoms with Crippen LogP contribution in [-0.4, -0.2) is 11.3 Å². The van der Waals surface area contributed by atoms with Crippen LogP contribution in [0.25, 0.3) is 0 Å². The molecule has 12 heavy (non-hydrogen) atoms. The molecule has 1 atom stereocenters. The van der Waals surface area contributed by atoms with E-state index in [1.807, 2.05) is 6.92 Å². The van der Waals surface area contributed by atoms with Gasteiger partial charge in [-0.2, -0.15) is 0 Å². The number of nitrogens with zero attached hydrogens (tertiary/aromatic N) is 1. The zero-order valence-electron chi connectivity index (χ0n) is 8.13. The molecule has 1 rings (SSSR count). The molecule has 1 unspecified atom stereocenters. The molecular formula is C10H17NO. The highest BCUT2D eigenvalue weighted by atomic mass is 16.7. The Hall–Kier alpha value is -0.790. The summed E-state index contributed by atoms with van der Waals surface area (Å²) in [5, 5.41) is 3.95. The number of hydrogen-bond acceptors (Lipinski definition) is 2. The van der Waals surface area contributed by atoms with Gasteiger partial charge in [-0.25, -0.2) is 0 Å². The molecule has 0 spiro atoms. The van der Waals surface area contributed by atoms with Crippen LogP contribution in [0.4, 0.5) is 0 Å². The molecule has 0 aliphatic carbocycles. The normalized spacial score (nSPS) is 29.1. The third kappa shape index (κ3) is 2.36. The van der Waals surface area contributed by atoms with E-state index in [9.17, 15) is 0 Å². The fourth-order valence-corrected chi connectivity index (χ4v) is 1.40. The molecule has 0 fully saturated rings. The summed E-state index contributed by atoms with van der Waals surface area (Å²) >= 11 is 0. The van der Waals surface area contributed by atoms with Crippen LogP contribution < -0.4 is 0 Å².